The van der Waals surface area contributed by atoms with Crippen molar-refractivity contribution in [2.24, 2.45) is 0 Å². The molecule has 3 rings (SSSR count). The Labute approximate surface area is 176 Å². The van der Waals surface area contributed by atoms with Crippen molar-refractivity contribution in [3.05, 3.63) is 79.2 Å². The predicted octanol–water partition coefficient (Wildman–Crippen LogP) is 5.48. The normalized spacial score (nSPS) is 10.6. The zero-order valence-corrected chi connectivity index (χ0v) is 17.2. The van der Waals surface area contributed by atoms with E-state index in [1.165, 1.54) is 0 Å². The molecular weight excluding hydrogens is 374 g/mol. The fourth-order valence-corrected chi connectivity index (χ4v) is 3.15. The van der Waals surface area contributed by atoms with Gasteiger partial charge in [-0.05, 0) is 43.5 Å². The van der Waals surface area contributed by atoms with Gasteiger partial charge in [0.15, 0.2) is 11.6 Å². The number of allylic oxidation sites excluding steroid dienone is 1. The molecule has 0 spiro atoms. The molecule has 5 heteroatoms. The Morgan fingerprint density at radius 3 is 2.13 bits per heavy atom. The number of hydrogen-bond donors (Lipinski definition) is 0. The first-order valence-electron chi connectivity index (χ1n) is 10.1. The Morgan fingerprint density at radius 1 is 0.800 bits per heavy atom. The number of hydrogen-bond acceptors (Lipinski definition) is 5. The van der Waals surface area contributed by atoms with Crippen molar-refractivity contribution in [1.29, 1.82) is 0 Å². The highest BCUT2D eigenvalue weighted by Gasteiger charge is 2.10. The second kappa shape index (κ2) is 10.3. The summed E-state index contributed by atoms with van der Waals surface area (Å²) in [5.74, 6) is 0.160. The van der Waals surface area contributed by atoms with Crippen LogP contribution in [0.2, 0.25) is 0 Å². The lowest BCUT2D eigenvalue weighted by Gasteiger charge is -2.07. The topological polar surface area (TPSA) is 72.8 Å². The fourth-order valence-electron chi connectivity index (χ4n) is 3.15. The number of unbranched alkanes of at least 4 members (excludes halogenated alkanes) is 2. The van der Waals surface area contributed by atoms with Gasteiger partial charge < -0.3 is 0 Å². The van der Waals surface area contributed by atoms with Crippen LogP contribution in [-0.2, 0) is 4.79 Å². The van der Waals surface area contributed by atoms with Crippen molar-refractivity contribution in [2.75, 3.05) is 0 Å². The minimum Gasteiger partial charge on any atom is -0.295 e. The molecule has 0 bridgehead atoms. The van der Waals surface area contributed by atoms with Gasteiger partial charge in [0.1, 0.15) is 0 Å². The fraction of sp³-hybridized carbons (Fsp3) is 0.240. The maximum Gasteiger partial charge on any atom is 0.164 e. The minimum absolute atomic E-state index is 0.0620. The first kappa shape index (κ1) is 21.2. The van der Waals surface area contributed by atoms with E-state index in [4.69, 9.17) is 0 Å². The molecule has 152 valence electrons. The number of pyridine rings is 3. The van der Waals surface area contributed by atoms with Crippen LogP contribution in [0.25, 0.3) is 22.3 Å². The van der Waals surface area contributed by atoms with Gasteiger partial charge in [-0.3, -0.25) is 24.5 Å². The van der Waals surface area contributed by atoms with E-state index >= 15 is 0 Å². The lowest BCUT2D eigenvalue weighted by atomic mass is 10.00. The van der Waals surface area contributed by atoms with E-state index in [2.05, 4.69) is 21.5 Å². The number of nitrogens with zero attached hydrogens (tertiary/aromatic N) is 3. The van der Waals surface area contributed by atoms with E-state index in [1.54, 1.807) is 44.1 Å². The monoisotopic (exact) mass is 399 g/mol. The number of ketones is 2. The third kappa shape index (κ3) is 5.77. The summed E-state index contributed by atoms with van der Waals surface area (Å²) in [6.07, 6.45) is 13.8. The van der Waals surface area contributed by atoms with Crippen molar-refractivity contribution in [1.82, 2.24) is 15.0 Å². The SMILES string of the molecule is C=C(C)C(=O)CCCCCC(=O)c1cncc(-c2cncc(-c3cccnc3)c2)c1. The molecule has 0 aliphatic rings. The zero-order valence-electron chi connectivity index (χ0n) is 17.2. The second-order valence-electron chi connectivity index (χ2n) is 7.35. The Kier molecular flexibility index (Phi) is 7.33. The molecule has 0 aromatic carbocycles. The van der Waals surface area contributed by atoms with Crippen LogP contribution in [0.3, 0.4) is 0 Å². The highest BCUT2D eigenvalue weighted by molar-refractivity contribution is 5.97. The summed E-state index contributed by atoms with van der Waals surface area (Å²) >= 11 is 0. The Morgan fingerprint density at radius 2 is 1.43 bits per heavy atom. The summed E-state index contributed by atoms with van der Waals surface area (Å²) in [4.78, 5) is 36.9. The summed E-state index contributed by atoms with van der Waals surface area (Å²) in [5.41, 5.74) is 4.88. The van der Waals surface area contributed by atoms with Crippen LogP contribution >= 0.6 is 0 Å². The molecule has 0 N–H and O–H groups in total. The maximum atomic E-state index is 12.6. The third-order valence-corrected chi connectivity index (χ3v) is 4.91. The van der Waals surface area contributed by atoms with Crippen LogP contribution in [0.4, 0.5) is 0 Å². The van der Waals surface area contributed by atoms with Crippen molar-refractivity contribution in [3.63, 3.8) is 0 Å². The Balaban J connectivity index is 1.63. The molecule has 0 saturated heterocycles. The molecule has 30 heavy (non-hydrogen) atoms. The van der Waals surface area contributed by atoms with E-state index in [0.717, 1.165) is 41.5 Å². The largest absolute Gasteiger partial charge is 0.295 e. The number of rotatable bonds is 10. The lowest BCUT2D eigenvalue weighted by Crippen LogP contribution is -2.01. The highest BCUT2D eigenvalue weighted by atomic mass is 16.1. The third-order valence-electron chi connectivity index (χ3n) is 4.91. The van der Waals surface area contributed by atoms with Crippen LogP contribution in [-0.4, -0.2) is 26.5 Å². The minimum atomic E-state index is 0.0620. The van der Waals surface area contributed by atoms with Crippen molar-refractivity contribution in [3.8, 4) is 22.3 Å². The zero-order chi connectivity index (χ0) is 21.3. The summed E-state index contributed by atoms with van der Waals surface area (Å²) in [5, 5.41) is 0. The van der Waals surface area contributed by atoms with Crippen LogP contribution in [0.5, 0.6) is 0 Å². The van der Waals surface area contributed by atoms with Crippen molar-refractivity contribution < 1.29 is 9.59 Å². The lowest BCUT2D eigenvalue weighted by molar-refractivity contribution is -0.115. The van der Waals surface area contributed by atoms with E-state index in [1.807, 2.05) is 24.3 Å². The molecular formula is C25H25N3O2. The van der Waals surface area contributed by atoms with Gasteiger partial charge >= 0.3 is 0 Å². The van der Waals surface area contributed by atoms with E-state index in [9.17, 15) is 9.59 Å². The van der Waals surface area contributed by atoms with Gasteiger partial charge in [0.25, 0.3) is 0 Å². The molecule has 0 aliphatic carbocycles. The Bertz CT molecular complexity index is 1050. The average molecular weight is 399 g/mol. The van der Waals surface area contributed by atoms with Gasteiger partial charge in [-0.15, -0.1) is 0 Å². The quantitative estimate of drug-likeness (QED) is 0.256. The number of carbonyl (C=O) groups excluding carboxylic acids is 2. The molecule has 0 amide bonds. The van der Waals surface area contributed by atoms with Gasteiger partial charge in [0, 0.05) is 77.8 Å². The van der Waals surface area contributed by atoms with Gasteiger partial charge in [-0.25, -0.2) is 0 Å². The van der Waals surface area contributed by atoms with Gasteiger partial charge in [-0.1, -0.05) is 19.1 Å². The highest BCUT2D eigenvalue weighted by Crippen LogP contribution is 2.25. The summed E-state index contributed by atoms with van der Waals surface area (Å²) in [6, 6.07) is 7.76. The Hall–Kier alpha value is -3.47. The van der Waals surface area contributed by atoms with Gasteiger partial charge in [-0.2, -0.15) is 0 Å². The van der Waals surface area contributed by atoms with Crippen LogP contribution in [0, 0.1) is 0 Å². The van der Waals surface area contributed by atoms with Gasteiger partial charge in [0.05, 0.1) is 0 Å². The predicted molar refractivity (Wildman–Crippen MR) is 118 cm³/mol. The molecule has 3 heterocycles. The summed E-state index contributed by atoms with van der Waals surface area (Å²) in [7, 11) is 0. The first-order valence-corrected chi connectivity index (χ1v) is 10.1. The second-order valence-corrected chi connectivity index (χ2v) is 7.35. The van der Waals surface area contributed by atoms with Crippen LogP contribution in [0.15, 0.2) is 73.6 Å². The number of aromatic nitrogens is 3. The smallest absolute Gasteiger partial charge is 0.164 e. The maximum absolute atomic E-state index is 12.6. The first-order chi connectivity index (χ1) is 14.5. The van der Waals surface area contributed by atoms with Crippen molar-refractivity contribution >= 4 is 11.6 Å². The van der Waals surface area contributed by atoms with Crippen molar-refractivity contribution in [2.45, 2.75) is 39.0 Å². The van der Waals surface area contributed by atoms with Gasteiger partial charge in [0.2, 0.25) is 0 Å². The molecule has 0 saturated carbocycles. The molecule has 3 aromatic rings. The molecule has 0 aliphatic heterocycles. The van der Waals surface area contributed by atoms with Crippen LogP contribution < -0.4 is 0 Å². The number of carbonyl (C=O) groups is 2. The molecule has 3 aromatic heterocycles. The molecule has 0 fully saturated rings. The molecule has 0 radical (unpaired) electrons. The molecule has 0 atom stereocenters. The van der Waals surface area contributed by atoms with E-state index < -0.39 is 0 Å². The van der Waals surface area contributed by atoms with E-state index in [-0.39, 0.29) is 11.6 Å². The summed E-state index contributed by atoms with van der Waals surface area (Å²) in [6.45, 7) is 5.39. The summed E-state index contributed by atoms with van der Waals surface area (Å²) < 4.78 is 0. The number of Topliss-reactive ketones (excluding diaryl/α,β-unsaturated/α-hetero) is 2. The molecule has 0 unspecified atom stereocenters. The standard InChI is InChI=1S/C25H25N3O2/c1-18(2)24(29)8-4-3-5-9-25(30)23-12-22(16-28-17-23)21-11-20(14-27-15-21)19-7-6-10-26-13-19/h6-7,10-17H,1,3-5,8-9H2,2H3. The van der Waals surface area contributed by atoms with E-state index in [0.29, 0.717) is 24.0 Å². The molecule has 5 nitrogen and oxygen atoms in total. The average Bonchev–Trinajstić information content (AvgIpc) is 2.79. The van der Waals surface area contributed by atoms with Crippen LogP contribution in [0.1, 0.15) is 49.4 Å².